The van der Waals surface area contributed by atoms with Crippen molar-refractivity contribution >= 4 is 5.91 Å². The van der Waals surface area contributed by atoms with Gasteiger partial charge in [-0.2, -0.15) is 0 Å². The second-order valence-electron chi connectivity index (χ2n) is 7.38. The van der Waals surface area contributed by atoms with Crippen LogP contribution in [-0.4, -0.2) is 74.2 Å². The molecule has 0 spiro atoms. The summed E-state index contributed by atoms with van der Waals surface area (Å²) in [6, 6.07) is 8.10. The van der Waals surface area contributed by atoms with Crippen LogP contribution in [0.2, 0.25) is 0 Å². The third-order valence-corrected chi connectivity index (χ3v) is 5.34. The molecule has 0 radical (unpaired) electrons. The molecule has 1 amide bonds. The topological polar surface area (TPSA) is 54.0 Å². The monoisotopic (exact) mass is 375 g/mol. The lowest BCUT2D eigenvalue weighted by molar-refractivity contribution is -0.122. The van der Waals surface area contributed by atoms with Crippen LogP contribution in [0.3, 0.4) is 0 Å². The molecule has 2 heterocycles. The lowest BCUT2D eigenvalue weighted by Gasteiger charge is -2.27. The fourth-order valence-corrected chi connectivity index (χ4v) is 3.97. The van der Waals surface area contributed by atoms with Crippen molar-refractivity contribution in [2.75, 3.05) is 52.5 Å². The van der Waals surface area contributed by atoms with Crippen molar-refractivity contribution in [1.82, 2.24) is 15.1 Å². The van der Waals surface area contributed by atoms with E-state index in [-0.39, 0.29) is 5.91 Å². The third-order valence-electron chi connectivity index (χ3n) is 5.34. The van der Waals surface area contributed by atoms with Gasteiger partial charge in [-0.15, -0.1) is 0 Å². The Labute approximate surface area is 162 Å². The molecule has 1 unspecified atom stereocenters. The minimum absolute atomic E-state index is 0.0959. The Balaban J connectivity index is 1.31. The number of carbonyl (C=O) groups is 1. The summed E-state index contributed by atoms with van der Waals surface area (Å²) in [6.07, 6.45) is 5.06. The summed E-state index contributed by atoms with van der Waals surface area (Å²) in [6.45, 7) is 8.71. The van der Waals surface area contributed by atoms with Crippen LogP contribution in [0.15, 0.2) is 24.3 Å². The molecular weight excluding hydrogens is 342 g/mol. The van der Waals surface area contributed by atoms with Gasteiger partial charge in [0.05, 0.1) is 19.7 Å². The average Bonchev–Trinajstić information content (AvgIpc) is 3.33. The lowest BCUT2D eigenvalue weighted by Crippen LogP contribution is -2.44. The van der Waals surface area contributed by atoms with Crippen molar-refractivity contribution in [2.24, 2.45) is 0 Å². The first-order chi connectivity index (χ1) is 13.2. The van der Waals surface area contributed by atoms with Crippen molar-refractivity contribution in [3.63, 3.8) is 0 Å². The summed E-state index contributed by atoms with van der Waals surface area (Å²) in [5.41, 5.74) is 0. The molecule has 0 saturated carbocycles. The second kappa shape index (κ2) is 10.5. The van der Waals surface area contributed by atoms with E-state index in [0.29, 0.717) is 32.3 Å². The van der Waals surface area contributed by atoms with Crippen LogP contribution in [0.25, 0.3) is 0 Å². The lowest BCUT2D eigenvalue weighted by atomic mass is 10.2. The molecule has 2 saturated heterocycles. The predicted octanol–water partition coefficient (Wildman–Crippen LogP) is 2.14. The van der Waals surface area contributed by atoms with E-state index in [2.05, 4.69) is 15.1 Å². The van der Waals surface area contributed by atoms with Crippen LogP contribution in [0.4, 0.5) is 0 Å². The molecule has 2 aliphatic heterocycles. The van der Waals surface area contributed by atoms with Gasteiger partial charge in [-0.25, -0.2) is 0 Å². The Morgan fingerprint density at radius 2 is 1.78 bits per heavy atom. The van der Waals surface area contributed by atoms with E-state index in [0.717, 1.165) is 24.6 Å². The molecule has 150 valence electrons. The zero-order valence-electron chi connectivity index (χ0n) is 16.5. The maximum Gasteiger partial charge on any atom is 0.234 e. The minimum atomic E-state index is 0.0959. The van der Waals surface area contributed by atoms with E-state index < -0.39 is 0 Å². The van der Waals surface area contributed by atoms with Crippen molar-refractivity contribution in [2.45, 2.75) is 38.6 Å². The van der Waals surface area contributed by atoms with Gasteiger partial charge in [0.15, 0.2) is 0 Å². The van der Waals surface area contributed by atoms with Gasteiger partial charge in [-0.3, -0.25) is 9.69 Å². The Bertz CT molecular complexity index is 573. The summed E-state index contributed by atoms with van der Waals surface area (Å²) in [5.74, 6) is 1.73. The molecule has 0 aliphatic carbocycles. The SMILES string of the molecule is CCOc1ccc(OCCNC(=O)CN2CCCC2CN2CCCC2)cc1. The van der Waals surface area contributed by atoms with Crippen LogP contribution in [0, 0.1) is 0 Å². The molecule has 1 atom stereocenters. The Morgan fingerprint density at radius 3 is 2.48 bits per heavy atom. The van der Waals surface area contributed by atoms with Crippen molar-refractivity contribution in [3.05, 3.63) is 24.3 Å². The largest absolute Gasteiger partial charge is 0.494 e. The fraction of sp³-hybridized carbons (Fsp3) is 0.667. The number of nitrogens with zero attached hydrogens (tertiary/aromatic N) is 2. The van der Waals surface area contributed by atoms with Crippen molar-refractivity contribution in [1.29, 1.82) is 0 Å². The number of ether oxygens (including phenoxy) is 2. The van der Waals surface area contributed by atoms with Gasteiger partial charge in [0.2, 0.25) is 5.91 Å². The number of hydrogen-bond acceptors (Lipinski definition) is 5. The van der Waals surface area contributed by atoms with Crippen LogP contribution in [-0.2, 0) is 4.79 Å². The Kier molecular flexibility index (Phi) is 7.78. The number of nitrogens with one attached hydrogen (secondary N) is 1. The number of likely N-dealkylation sites (tertiary alicyclic amines) is 2. The highest BCUT2D eigenvalue weighted by Gasteiger charge is 2.28. The van der Waals surface area contributed by atoms with Crippen LogP contribution in [0.5, 0.6) is 11.5 Å². The number of hydrogen-bond donors (Lipinski definition) is 1. The molecule has 2 fully saturated rings. The summed E-state index contributed by atoms with van der Waals surface area (Å²) in [7, 11) is 0. The zero-order chi connectivity index (χ0) is 18.9. The standard InChI is InChI=1S/C21H33N3O3/c1-2-26-19-7-9-20(10-8-19)27-15-11-22-21(25)17-24-14-5-6-18(24)16-23-12-3-4-13-23/h7-10,18H,2-6,11-17H2,1H3,(H,22,25). The maximum atomic E-state index is 12.3. The molecule has 1 N–H and O–H groups in total. The van der Waals surface area contributed by atoms with Crippen molar-refractivity contribution in [3.8, 4) is 11.5 Å². The number of benzene rings is 1. The van der Waals surface area contributed by atoms with Crippen LogP contribution in [0.1, 0.15) is 32.6 Å². The Morgan fingerprint density at radius 1 is 1.07 bits per heavy atom. The molecule has 0 aromatic heterocycles. The highest BCUT2D eigenvalue weighted by molar-refractivity contribution is 5.78. The van der Waals surface area contributed by atoms with Crippen molar-refractivity contribution < 1.29 is 14.3 Å². The minimum Gasteiger partial charge on any atom is -0.494 e. The van der Waals surface area contributed by atoms with E-state index in [4.69, 9.17) is 9.47 Å². The zero-order valence-corrected chi connectivity index (χ0v) is 16.5. The quantitative estimate of drug-likeness (QED) is 0.635. The molecule has 1 aromatic carbocycles. The Hall–Kier alpha value is -1.79. The first kappa shape index (κ1) is 20.0. The molecular formula is C21H33N3O3. The smallest absolute Gasteiger partial charge is 0.234 e. The normalized spacial score (nSPS) is 20.7. The molecule has 6 nitrogen and oxygen atoms in total. The molecule has 3 rings (SSSR count). The molecule has 6 heteroatoms. The molecule has 1 aromatic rings. The number of carbonyl (C=O) groups excluding carboxylic acids is 1. The summed E-state index contributed by atoms with van der Waals surface area (Å²) in [5, 5.41) is 2.98. The first-order valence-electron chi connectivity index (χ1n) is 10.3. The van der Waals surface area contributed by atoms with Gasteiger partial charge in [-0.05, 0) is 76.5 Å². The van der Waals surface area contributed by atoms with E-state index in [1.165, 1.54) is 38.8 Å². The maximum absolute atomic E-state index is 12.3. The highest BCUT2D eigenvalue weighted by Crippen LogP contribution is 2.20. The van der Waals surface area contributed by atoms with Gasteiger partial charge in [0, 0.05) is 12.6 Å². The van der Waals surface area contributed by atoms with Crippen LogP contribution < -0.4 is 14.8 Å². The molecule has 2 aliphatic rings. The summed E-state index contributed by atoms with van der Waals surface area (Å²) in [4.78, 5) is 17.2. The van der Waals surface area contributed by atoms with Gasteiger partial charge in [-0.1, -0.05) is 0 Å². The average molecular weight is 376 g/mol. The van der Waals surface area contributed by atoms with E-state index in [1.54, 1.807) is 0 Å². The third kappa shape index (κ3) is 6.40. The fourth-order valence-electron chi connectivity index (χ4n) is 3.97. The van der Waals surface area contributed by atoms with E-state index in [9.17, 15) is 4.79 Å². The number of rotatable bonds is 10. The summed E-state index contributed by atoms with van der Waals surface area (Å²) < 4.78 is 11.1. The van der Waals surface area contributed by atoms with Gasteiger partial charge < -0.3 is 19.7 Å². The predicted molar refractivity (Wildman–Crippen MR) is 106 cm³/mol. The molecule has 0 bridgehead atoms. The number of amides is 1. The highest BCUT2D eigenvalue weighted by atomic mass is 16.5. The van der Waals surface area contributed by atoms with Gasteiger partial charge in [0.25, 0.3) is 0 Å². The van der Waals surface area contributed by atoms with E-state index in [1.807, 2.05) is 31.2 Å². The van der Waals surface area contributed by atoms with Crippen LogP contribution >= 0.6 is 0 Å². The van der Waals surface area contributed by atoms with Gasteiger partial charge >= 0.3 is 0 Å². The van der Waals surface area contributed by atoms with Gasteiger partial charge in [0.1, 0.15) is 18.1 Å². The molecule has 27 heavy (non-hydrogen) atoms. The summed E-state index contributed by atoms with van der Waals surface area (Å²) >= 11 is 0. The first-order valence-corrected chi connectivity index (χ1v) is 10.3. The van der Waals surface area contributed by atoms with E-state index >= 15 is 0 Å². The second-order valence-corrected chi connectivity index (χ2v) is 7.38.